The summed E-state index contributed by atoms with van der Waals surface area (Å²) in [5.74, 6) is -2.70. The van der Waals surface area contributed by atoms with Gasteiger partial charge in [-0.3, -0.25) is 9.59 Å². The van der Waals surface area contributed by atoms with Crippen LogP contribution in [0.4, 0.5) is 4.39 Å². The van der Waals surface area contributed by atoms with Crippen LogP contribution >= 0.6 is 0 Å². The first-order valence-electron chi connectivity index (χ1n) is 5.84. The molecule has 1 aliphatic carbocycles. The highest BCUT2D eigenvalue weighted by molar-refractivity contribution is 5.85. The molecule has 18 heavy (non-hydrogen) atoms. The van der Waals surface area contributed by atoms with Gasteiger partial charge in [-0.1, -0.05) is 12.1 Å². The summed E-state index contributed by atoms with van der Waals surface area (Å²) in [5.41, 5.74) is 0.440. The first kappa shape index (κ1) is 12.5. The first-order chi connectivity index (χ1) is 8.56. The van der Waals surface area contributed by atoms with Crippen LogP contribution in [-0.4, -0.2) is 23.0 Å². The van der Waals surface area contributed by atoms with Crippen molar-refractivity contribution in [3.05, 3.63) is 35.6 Å². The molecule has 2 N–H and O–H groups in total. The highest BCUT2D eigenvalue weighted by Crippen LogP contribution is 2.23. The molecule has 1 aliphatic rings. The average Bonchev–Trinajstić information content (AvgIpc) is 3.11. The lowest BCUT2D eigenvalue weighted by atomic mass is 9.95. The quantitative estimate of drug-likeness (QED) is 0.836. The van der Waals surface area contributed by atoms with Gasteiger partial charge < -0.3 is 10.4 Å². The second-order valence-corrected chi connectivity index (χ2v) is 4.49. The van der Waals surface area contributed by atoms with Gasteiger partial charge in [-0.05, 0) is 30.5 Å². The second kappa shape index (κ2) is 5.16. The van der Waals surface area contributed by atoms with Crippen LogP contribution in [0.5, 0.6) is 0 Å². The zero-order valence-corrected chi connectivity index (χ0v) is 9.73. The molecule has 1 fully saturated rings. The standard InChI is InChI=1S/C13H14FNO3/c14-9-3-1-8(2-4-9)11(13(17)18)7-12(16)15-10-5-6-10/h1-4,10-11H,5-7H2,(H,15,16)(H,17,18). The second-order valence-electron chi connectivity index (χ2n) is 4.49. The Bertz CT molecular complexity index is 454. The molecule has 2 rings (SSSR count). The number of carbonyl (C=O) groups excluding carboxylic acids is 1. The van der Waals surface area contributed by atoms with Gasteiger partial charge >= 0.3 is 5.97 Å². The van der Waals surface area contributed by atoms with Gasteiger partial charge in [-0.2, -0.15) is 0 Å². The van der Waals surface area contributed by atoms with E-state index in [1.807, 2.05) is 0 Å². The predicted molar refractivity (Wildman–Crippen MR) is 62.6 cm³/mol. The van der Waals surface area contributed by atoms with Crippen molar-refractivity contribution in [2.45, 2.75) is 31.2 Å². The highest BCUT2D eigenvalue weighted by atomic mass is 19.1. The van der Waals surface area contributed by atoms with Crippen molar-refractivity contribution in [1.29, 1.82) is 0 Å². The predicted octanol–water partition coefficient (Wildman–Crippen LogP) is 1.66. The van der Waals surface area contributed by atoms with Gasteiger partial charge in [0.1, 0.15) is 5.82 Å². The lowest BCUT2D eigenvalue weighted by Crippen LogP contribution is -2.29. The zero-order valence-electron chi connectivity index (χ0n) is 9.73. The van der Waals surface area contributed by atoms with Crippen molar-refractivity contribution < 1.29 is 19.1 Å². The van der Waals surface area contributed by atoms with Crippen LogP contribution in [-0.2, 0) is 9.59 Å². The van der Waals surface area contributed by atoms with Crippen LogP contribution in [0.25, 0.3) is 0 Å². The van der Waals surface area contributed by atoms with Crippen LogP contribution < -0.4 is 5.32 Å². The molecule has 0 heterocycles. The van der Waals surface area contributed by atoms with Gasteiger partial charge in [-0.15, -0.1) is 0 Å². The Balaban J connectivity index is 2.04. The summed E-state index contributed by atoms with van der Waals surface area (Å²) in [5, 5.41) is 11.9. The maximum Gasteiger partial charge on any atom is 0.311 e. The summed E-state index contributed by atoms with van der Waals surface area (Å²) < 4.78 is 12.8. The molecule has 1 aromatic carbocycles. The molecule has 1 aromatic rings. The van der Waals surface area contributed by atoms with E-state index in [0.717, 1.165) is 12.8 Å². The molecule has 0 aliphatic heterocycles. The number of aliphatic carboxylic acids is 1. The fourth-order valence-electron chi connectivity index (χ4n) is 1.74. The lowest BCUT2D eigenvalue weighted by Gasteiger charge is -2.12. The summed E-state index contributed by atoms with van der Waals surface area (Å²) in [6, 6.07) is 5.41. The SMILES string of the molecule is O=C(CC(C(=O)O)c1ccc(F)cc1)NC1CC1. The normalized spacial score (nSPS) is 16.1. The number of carboxylic acid groups (broad SMARTS) is 1. The molecule has 1 amide bonds. The minimum atomic E-state index is -1.08. The molecule has 4 nitrogen and oxygen atoms in total. The monoisotopic (exact) mass is 251 g/mol. The van der Waals surface area contributed by atoms with Crippen molar-refractivity contribution in [2.24, 2.45) is 0 Å². The van der Waals surface area contributed by atoms with Crippen LogP contribution in [0.1, 0.15) is 30.7 Å². The average molecular weight is 251 g/mol. The molecule has 1 unspecified atom stereocenters. The smallest absolute Gasteiger partial charge is 0.311 e. The molecular weight excluding hydrogens is 237 g/mol. The number of halogens is 1. The van der Waals surface area contributed by atoms with Crippen LogP contribution in [0.2, 0.25) is 0 Å². The Hall–Kier alpha value is -1.91. The Kier molecular flexibility index (Phi) is 3.60. The van der Waals surface area contributed by atoms with Gasteiger partial charge in [0, 0.05) is 12.5 Å². The van der Waals surface area contributed by atoms with E-state index in [1.165, 1.54) is 24.3 Å². The molecule has 0 bridgehead atoms. The number of nitrogens with one attached hydrogen (secondary N) is 1. The number of hydrogen-bond donors (Lipinski definition) is 2. The van der Waals surface area contributed by atoms with Crippen molar-refractivity contribution in [3.63, 3.8) is 0 Å². The molecule has 0 radical (unpaired) electrons. The third kappa shape index (κ3) is 3.29. The Labute approximate surface area is 104 Å². The molecule has 0 spiro atoms. The summed E-state index contributed by atoms with van der Waals surface area (Å²) in [4.78, 5) is 22.7. The number of benzene rings is 1. The topological polar surface area (TPSA) is 66.4 Å². The van der Waals surface area contributed by atoms with Crippen molar-refractivity contribution >= 4 is 11.9 Å². The van der Waals surface area contributed by atoms with Crippen molar-refractivity contribution in [3.8, 4) is 0 Å². The molecular formula is C13H14FNO3. The fourth-order valence-corrected chi connectivity index (χ4v) is 1.74. The fraction of sp³-hybridized carbons (Fsp3) is 0.385. The highest BCUT2D eigenvalue weighted by Gasteiger charge is 2.27. The molecule has 1 atom stereocenters. The van der Waals surface area contributed by atoms with E-state index in [9.17, 15) is 14.0 Å². The number of carbonyl (C=O) groups is 2. The number of hydrogen-bond acceptors (Lipinski definition) is 2. The summed E-state index contributed by atoms with van der Waals surface area (Å²) >= 11 is 0. The molecule has 1 saturated carbocycles. The summed E-state index contributed by atoms with van der Waals surface area (Å²) in [7, 11) is 0. The Morgan fingerprint density at radius 3 is 2.44 bits per heavy atom. The van der Waals surface area contributed by atoms with Gasteiger partial charge in [0.25, 0.3) is 0 Å². The Morgan fingerprint density at radius 1 is 1.33 bits per heavy atom. The molecule has 96 valence electrons. The number of carboxylic acids is 1. The van der Waals surface area contributed by atoms with Crippen molar-refractivity contribution in [2.75, 3.05) is 0 Å². The maximum atomic E-state index is 12.8. The first-order valence-corrected chi connectivity index (χ1v) is 5.84. The van der Waals surface area contributed by atoms with Gasteiger partial charge in [-0.25, -0.2) is 4.39 Å². The van der Waals surface area contributed by atoms with E-state index in [-0.39, 0.29) is 18.4 Å². The van der Waals surface area contributed by atoms with Crippen LogP contribution in [0, 0.1) is 5.82 Å². The van der Waals surface area contributed by atoms with Gasteiger partial charge in [0.05, 0.1) is 5.92 Å². The largest absolute Gasteiger partial charge is 0.481 e. The van der Waals surface area contributed by atoms with E-state index < -0.39 is 17.7 Å². The number of rotatable bonds is 5. The van der Waals surface area contributed by atoms with E-state index in [0.29, 0.717) is 5.56 Å². The van der Waals surface area contributed by atoms with E-state index in [1.54, 1.807) is 0 Å². The summed E-state index contributed by atoms with van der Waals surface area (Å²) in [6.07, 6.45) is 1.80. The van der Waals surface area contributed by atoms with Gasteiger partial charge in [0.15, 0.2) is 0 Å². The minimum Gasteiger partial charge on any atom is -0.481 e. The third-order valence-corrected chi connectivity index (χ3v) is 2.90. The van der Waals surface area contributed by atoms with Crippen LogP contribution in [0.15, 0.2) is 24.3 Å². The van der Waals surface area contributed by atoms with Crippen LogP contribution in [0.3, 0.4) is 0 Å². The molecule has 0 saturated heterocycles. The Morgan fingerprint density at radius 2 is 1.94 bits per heavy atom. The van der Waals surface area contributed by atoms with E-state index in [4.69, 9.17) is 5.11 Å². The lowest BCUT2D eigenvalue weighted by molar-refractivity contribution is -0.140. The van der Waals surface area contributed by atoms with E-state index >= 15 is 0 Å². The van der Waals surface area contributed by atoms with Gasteiger partial charge in [0.2, 0.25) is 5.91 Å². The van der Waals surface area contributed by atoms with E-state index in [2.05, 4.69) is 5.32 Å². The minimum absolute atomic E-state index is 0.114. The third-order valence-electron chi connectivity index (χ3n) is 2.90. The summed E-state index contributed by atoms with van der Waals surface area (Å²) in [6.45, 7) is 0. The maximum absolute atomic E-state index is 12.8. The number of amides is 1. The molecule has 0 aromatic heterocycles. The molecule has 5 heteroatoms. The van der Waals surface area contributed by atoms with Crippen molar-refractivity contribution in [1.82, 2.24) is 5.32 Å². The zero-order chi connectivity index (χ0) is 13.1.